The zero-order valence-electron chi connectivity index (χ0n) is 11.3. The molecule has 7 heteroatoms. The van der Waals surface area contributed by atoms with Crippen LogP contribution in [0.5, 0.6) is 0 Å². The first-order valence-corrected chi connectivity index (χ1v) is 7.17. The van der Waals surface area contributed by atoms with Gasteiger partial charge < -0.3 is 10.0 Å². The quantitative estimate of drug-likeness (QED) is 0.843. The Morgan fingerprint density at radius 2 is 1.81 bits per heavy atom. The number of aliphatic carboxylic acids is 1. The molecular formula is C14H14Cl2FNO3. The maximum absolute atomic E-state index is 13.5. The van der Waals surface area contributed by atoms with Crippen LogP contribution >= 0.6 is 23.2 Å². The first-order chi connectivity index (χ1) is 9.74. The van der Waals surface area contributed by atoms with Crippen molar-refractivity contribution in [1.29, 1.82) is 0 Å². The Kier molecular flexibility index (Phi) is 4.44. The molecule has 0 aromatic heterocycles. The molecule has 21 heavy (non-hydrogen) atoms. The molecule has 1 aromatic rings. The van der Waals surface area contributed by atoms with E-state index in [-0.39, 0.29) is 15.6 Å². The summed E-state index contributed by atoms with van der Waals surface area (Å²) in [5, 5.41) is 9.10. The lowest BCUT2D eigenvalue weighted by Crippen LogP contribution is -2.45. The van der Waals surface area contributed by atoms with Gasteiger partial charge in [-0.25, -0.2) is 4.39 Å². The van der Waals surface area contributed by atoms with Crippen LogP contribution in [0.4, 0.5) is 4.39 Å². The van der Waals surface area contributed by atoms with E-state index in [9.17, 15) is 14.0 Å². The lowest BCUT2D eigenvalue weighted by molar-refractivity contribution is -0.150. The van der Waals surface area contributed by atoms with E-state index in [1.807, 2.05) is 0 Å². The van der Waals surface area contributed by atoms with E-state index < -0.39 is 23.1 Å². The first kappa shape index (κ1) is 16.0. The highest BCUT2D eigenvalue weighted by molar-refractivity contribution is 6.36. The van der Waals surface area contributed by atoms with E-state index in [4.69, 9.17) is 28.3 Å². The Morgan fingerprint density at radius 3 is 2.33 bits per heavy atom. The third kappa shape index (κ3) is 3.14. The molecule has 1 aliphatic heterocycles. The normalized spacial score (nSPS) is 17.6. The second kappa shape index (κ2) is 5.81. The average Bonchev–Trinajstić information content (AvgIpc) is 2.43. The van der Waals surface area contributed by atoms with Crippen LogP contribution in [0.1, 0.15) is 30.1 Å². The number of rotatable bonds is 2. The van der Waals surface area contributed by atoms with E-state index in [0.29, 0.717) is 25.9 Å². The molecule has 0 saturated carbocycles. The number of hydrogen-bond acceptors (Lipinski definition) is 2. The predicted molar refractivity (Wildman–Crippen MR) is 77.3 cm³/mol. The molecule has 0 bridgehead atoms. The minimum absolute atomic E-state index is 0.0393. The molecule has 1 saturated heterocycles. The highest BCUT2D eigenvalue weighted by Crippen LogP contribution is 2.33. The zero-order valence-corrected chi connectivity index (χ0v) is 12.8. The number of carboxylic acid groups (broad SMARTS) is 1. The lowest BCUT2D eigenvalue weighted by atomic mass is 9.80. The van der Waals surface area contributed by atoms with Gasteiger partial charge in [0.2, 0.25) is 0 Å². The molecule has 0 atom stereocenters. The summed E-state index contributed by atoms with van der Waals surface area (Å²) >= 11 is 11.5. The summed E-state index contributed by atoms with van der Waals surface area (Å²) in [7, 11) is 0. The van der Waals surface area contributed by atoms with Gasteiger partial charge in [0.25, 0.3) is 5.91 Å². The van der Waals surface area contributed by atoms with Crippen molar-refractivity contribution in [3.05, 3.63) is 33.6 Å². The van der Waals surface area contributed by atoms with E-state index in [1.54, 1.807) is 6.92 Å². The summed E-state index contributed by atoms with van der Waals surface area (Å²) in [6.07, 6.45) is 0.698. The fraction of sp³-hybridized carbons (Fsp3) is 0.429. The van der Waals surface area contributed by atoms with Gasteiger partial charge in [0.1, 0.15) is 5.82 Å². The number of carboxylic acids is 1. The summed E-state index contributed by atoms with van der Waals surface area (Å²) < 4.78 is 13.5. The van der Waals surface area contributed by atoms with Crippen molar-refractivity contribution in [3.8, 4) is 0 Å². The number of benzene rings is 1. The fourth-order valence-electron chi connectivity index (χ4n) is 2.27. The van der Waals surface area contributed by atoms with Gasteiger partial charge in [-0.3, -0.25) is 9.59 Å². The van der Waals surface area contributed by atoms with Crippen LogP contribution in [0.3, 0.4) is 0 Å². The molecular weight excluding hydrogens is 320 g/mol. The van der Waals surface area contributed by atoms with Crippen molar-refractivity contribution >= 4 is 35.1 Å². The average molecular weight is 334 g/mol. The Labute approximate surface area is 131 Å². The smallest absolute Gasteiger partial charge is 0.309 e. The SMILES string of the molecule is CC1(C(=O)O)CCN(C(=O)c2cc(F)c(Cl)cc2Cl)CC1. The van der Waals surface area contributed by atoms with Gasteiger partial charge in [0, 0.05) is 13.1 Å². The molecule has 0 unspecified atom stereocenters. The molecule has 1 fully saturated rings. The van der Waals surface area contributed by atoms with Crippen LogP contribution in [0.25, 0.3) is 0 Å². The topological polar surface area (TPSA) is 57.6 Å². The number of halogens is 3. The summed E-state index contributed by atoms with van der Waals surface area (Å²) in [5.74, 6) is -2.00. The Morgan fingerprint density at radius 1 is 1.24 bits per heavy atom. The van der Waals surface area contributed by atoms with Gasteiger partial charge in [-0.2, -0.15) is 0 Å². The largest absolute Gasteiger partial charge is 0.481 e. The molecule has 1 amide bonds. The van der Waals surface area contributed by atoms with Gasteiger partial charge in [0.05, 0.1) is 21.0 Å². The van der Waals surface area contributed by atoms with E-state index in [0.717, 1.165) is 6.07 Å². The molecule has 0 spiro atoms. The molecule has 1 N–H and O–H groups in total. The molecule has 0 radical (unpaired) electrons. The number of piperidine rings is 1. The summed E-state index contributed by atoms with van der Waals surface area (Å²) in [5.41, 5.74) is -0.788. The fourth-order valence-corrected chi connectivity index (χ4v) is 2.74. The van der Waals surface area contributed by atoms with Crippen molar-refractivity contribution < 1.29 is 19.1 Å². The third-order valence-electron chi connectivity index (χ3n) is 3.91. The molecule has 4 nitrogen and oxygen atoms in total. The molecule has 1 heterocycles. The van der Waals surface area contributed by atoms with Crippen molar-refractivity contribution in [1.82, 2.24) is 4.90 Å². The molecule has 1 aromatic carbocycles. The van der Waals surface area contributed by atoms with Crippen LogP contribution in [-0.2, 0) is 4.79 Å². The Balaban J connectivity index is 2.16. The summed E-state index contributed by atoms with van der Waals surface area (Å²) in [6.45, 7) is 2.25. The van der Waals surface area contributed by atoms with Gasteiger partial charge in [-0.15, -0.1) is 0 Å². The van der Waals surface area contributed by atoms with Gasteiger partial charge >= 0.3 is 5.97 Å². The van der Waals surface area contributed by atoms with Crippen molar-refractivity contribution in [3.63, 3.8) is 0 Å². The first-order valence-electron chi connectivity index (χ1n) is 6.42. The van der Waals surface area contributed by atoms with Crippen LogP contribution in [-0.4, -0.2) is 35.0 Å². The van der Waals surface area contributed by atoms with Gasteiger partial charge in [-0.05, 0) is 31.9 Å². The van der Waals surface area contributed by atoms with E-state index in [2.05, 4.69) is 0 Å². The van der Waals surface area contributed by atoms with Crippen LogP contribution in [0.15, 0.2) is 12.1 Å². The van der Waals surface area contributed by atoms with Gasteiger partial charge in [-0.1, -0.05) is 23.2 Å². The number of carbonyl (C=O) groups is 2. The van der Waals surface area contributed by atoms with Crippen LogP contribution < -0.4 is 0 Å². The number of nitrogens with zero attached hydrogens (tertiary/aromatic N) is 1. The number of hydrogen-bond donors (Lipinski definition) is 1. The van der Waals surface area contributed by atoms with E-state index in [1.165, 1.54) is 11.0 Å². The zero-order chi connectivity index (χ0) is 15.8. The summed E-state index contributed by atoms with van der Waals surface area (Å²) in [6, 6.07) is 2.20. The second-order valence-corrected chi connectivity index (χ2v) is 6.22. The van der Waals surface area contributed by atoms with Gasteiger partial charge in [0.15, 0.2) is 0 Å². The number of amides is 1. The Bertz CT molecular complexity index is 598. The highest BCUT2D eigenvalue weighted by atomic mass is 35.5. The second-order valence-electron chi connectivity index (χ2n) is 5.40. The predicted octanol–water partition coefficient (Wildman–Crippen LogP) is 3.46. The maximum Gasteiger partial charge on any atom is 0.309 e. The summed E-state index contributed by atoms with van der Waals surface area (Å²) in [4.78, 5) is 25.0. The maximum atomic E-state index is 13.5. The lowest BCUT2D eigenvalue weighted by Gasteiger charge is -2.36. The van der Waals surface area contributed by atoms with Crippen molar-refractivity contribution in [2.24, 2.45) is 5.41 Å². The monoisotopic (exact) mass is 333 g/mol. The van der Waals surface area contributed by atoms with Crippen LogP contribution in [0, 0.1) is 11.2 Å². The molecule has 114 valence electrons. The van der Waals surface area contributed by atoms with Crippen molar-refractivity contribution in [2.45, 2.75) is 19.8 Å². The molecule has 2 rings (SSSR count). The molecule has 0 aliphatic carbocycles. The Hall–Kier alpha value is -1.33. The van der Waals surface area contributed by atoms with Crippen molar-refractivity contribution in [2.75, 3.05) is 13.1 Å². The minimum atomic E-state index is -0.870. The minimum Gasteiger partial charge on any atom is -0.481 e. The van der Waals surface area contributed by atoms with Crippen LogP contribution in [0.2, 0.25) is 10.0 Å². The standard InChI is InChI=1S/C14H14Cl2FNO3/c1-14(13(20)21)2-4-18(5-3-14)12(19)8-6-11(17)10(16)7-9(8)15/h6-7H,2-5H2,1H3,(H,20,21). The number of likely N-dealkylation sites (tertiary alicyclic amines) is 1. The number of carbonyl (C=O) groups excluding carboxylic acids is 1. The molecule has 1 aliphatic rings. The van der Waals surface area contributed by atoms with E-state index >= 15 is 0 Å². The third-order valence-corrected chi connectivity index (χ3v) is 4.51. The highest BCUT2D eigenvalue weighted by Gasteiger charge is 2.38.